The SMILES string of the molecule is CC.CC.CN=C1NC(=O)C(C)(CC2CCN(C(=O)CC(F)(F)F)CC2)S1.Cc1ccccc1C(F)(F)F. The van der Waals surface area contributed by atoms with Crippen LogP contribution < -0.4 is 5.32 Å². The summed E-state index contributed by atoms with van der Waals surface area (Å²) < 4.78 is 72.3. The van der Waals surface area contributed by atoms with Crippen molar-refractivity contribution in [1.29, 1.82) is 0 Å². The number of hydrogen-bond acceptors (Lipinski definition) is 4. The maximum absolute atomic E-state index is 12.3. The fraction of sp³-hybridized carbons (Fsp3) is 0.654. The van der Waals surface area contributed by atoms with Gasteiger partial charge in [0.15, 0.2) is 5.17 Å². The van der Waals surface area contributed by atoms with Crippen LogP contribution >= 0.6 is 11.8 Å². The molecule has 2 heterocycles. The summed E-state index contributed by atoms with van der Waals surface area (Å²) in [6.45, 7) is 11.9. The van der Waals surface area contributed by atoms with E-state index in [0.29, 0.717) is 37.5 Å². The van der Waals surface area contributed by atoms with Gasteiger partial charge in [0, 0.05) is 20.1 Å². The molecule has 0 radical (unpaired) electrons. The van der Waals surface area contributed by atoms with Crippen LogP contribution in [0.5, 0.6) is 0 Å². The second-order valence-corrected chi connectivity index (χ2v) is 9.94. The number of nitrogens with zero attached hydrogens (tertiary/aromatic N) is 2. The molecule has 0 aromatic heterocycles. The lowest BCUT2D eigenvalue weighted by Crippen LogP contribution is -2.42. The van der Waals surface area contributed by atoms with Gasteiger partial charge in [-0.1, -0.05) is 57.7 Å². The fourth-order valence-electron chi connectivity index (χ4n) is 3.86. The summed E-state index contributed by atoms with van der Waals surface area (Å²) in [7, 11) is 1.61. The molecule has 5 nitrogen and oxygen atoms in total. The summed E-state index contributed by atoms with van der Waals surface area (Å²) in [6, 6.07) is 5.50. The van der Waals surface area contributed by atoms with E-state index in [-0.39, 0.29) is 17.4 Å². The Morgan fingerprint density at radius 3 is 2.00 bits per heavy atom. The second kappa shape index (κ2) is 16.0. The van der Waals surface area contributed by atoms with Gasteiger partial charge in [-0.3, -0.25) is 14.6 Å². The molecular formula is C26H39F6N3O2S. The first kappa shape index (κ1) is 35.8. The number of rotatable bonds is 3. The Hall–Kier alpha value is -2.24. The van der Waals surface area contributed by atoms with E-state index in [9.17, 15) is 35.9 Å². The third-order valence-corrected chi connectivity index (χ3v) is 6.95. The molecule has 0 saturated carbocycles. The van der Waals surface area contributed by atoms with Gasteiger partial charge in [0.05, 0.1) is 10.3 Å². The summed E-state index contributed by atoms with van der Waals surface area (Å²) in [4.78, 5) is 28.9. The van der Waals surface area contributed by atoms with Crippen LogP contribution in [0.4, 0.5) is 26.3 Å². The number of thioether (sulfide) groups is 1. The van der Waals surface area contributed by atoms with Crippen LogP contribution in [0.3, 0.4) is 0 Å². The first-order valence-electron chi connectivity index (χ1n) is 12.6. The van der Waals surface area contributed by atoms with Crippen LogP contribution in [0.2, 0.25) is 0 Å². The maximum Gasteiger partial charge on any atom is 0.416 e. The Balaban J connectivity index is 0.000000763. The highest BCUT2D eigenvalue weighted by molar-refractivity contribution is 8.16. The molecule has 0 aliphatic carbocycles. The molecule has 1 aromatic rings. The normalized spacial score (nSPS) is 20.8. The number of nitrogens with one attached hydrogen (secondary N) is 1. The zero-order valence-corrected chi connectivity index (χ0v) is 23.8. The Morgan fingerprint density at radius 1 is 1.08 bits per heavy atom. The van der Waals surface area contributed by atoms with Gasteiger partial charge >= 0.3 is 12.4 Å². The lowest BCUT2D eigenvalue weighted by molar-refractivity contribution is -0.162. The van der Waals surface area contributed by atoms with E-state index in [1.54, 1.807) is 13.1 Å². The molecule has 0 bridgehead atoms. The highest BCUT2D eigenvalue weighted by Gasteiger charge is 2.44. The Bertz CT molecular complexity index is 913. The second-order valence-electron chi connectivity index (χ2n) is 8.45. The molecule has 3 rings (SSSR count). The van der Waals surface area contributed by atoms with Crippen molar-refractivity contribution < 1.29 is 35.9 Å². The Kier molecular flexibility index (Phi) is 15.1. The highest BCUT2D eigenvalue weighted by atomic mass is 32.2. The number of carbonyl (C=O) groups is 2. The number of alkyl halides is 6. The number of benzene rings is 1. The van der Waals surface area contributed by atoms with Crippen LogP contribution in [0, 0.1) is 12.8 Å². The minimum absolute atomic E-state index is 0.0846. The van der Waals surface area contributed by atoms with Crippen LogP contribution in [0.15, 0.2) is 29.3 Å². The average molecular weight is 572 g/mol. The number of carbonyl (C=O) groups excluding carboxylic acids is 2. The van der Waals surface area contributed by atoms with Crippen molar-refractivity contribution in [3.05, 3.63) is 35.4 Å². The van der Waals surface area contributed by atoms with Gasteiger partial charge < -0.3 is 10.2 Å². The summed E-state index contributed by atoms with van der Waals surface area (Å²) in [5, 5.41) is 3.31. The minimum atomic E-state index is -4.46. The lowest BCUT2D eigenvalue weighted by atomic mass is 9.87. The number of amidine groups is 1. The number of amides is 2. The van der Waals surface area contributed by atoms with Gasteiger partial charge in [-0.25, -0.2) is 0 Å². The molecule has 12 heteroatoms. The number of halogens is 6. The minimum Gasteiger partial charge on any atom is -0.342 e. The van der Waals surface area contributed by atoms with Crippen LogP contribution in [0.1, 0.15) is 71.4 Å². The predicted octanol–water partition coefficient (Wildman–Crippen LogP) is 7.24. The maximum atomic E-state index is 12.3. The molecular weight excluding hydrogens is 532 g/mol. The topological polar surface area (TPSA) is 61.8 Å². The third kappa shape index (κ3) is 11.7. The van der Waals surface area contributed by atoms with Crippen molar-refractivity contribution in [1.82, 2.24) is 10.2 Å². The molecule has 1 unspecified atom stereocenters. The zero-order chi connectivity index (χ0) is 29.7. The quantitative estimate of drug-likeness (QED) is 0.389. The predicted molar refractivity (Wildman–Crippen MR) is 141 cm³/mol. The van der Waals surface area contributed by atoms with Gasteiger partial charge in [-0.05, 0) is 50.7 Å². The van der Waals surface area contributed by atoms with E-state index in [1.807, 2.05) is 34.6 Å². The molecule has 0 spiro atoms. The van der Waals surface area contributed by atoms with Crippen molar-refractivity contribution in [3.8, 4) is 0 Å². The standard InChI is InChI=1S/C14H20F3N3O2S.C8H7F3.2C2H6/c1-13(11(22)19-12(18-2)23-13)7-9-3-5-20(6-4-9)10(21)8-14(15,16)17;1-6-4-2-3-5-7(6)8(9,10)11;2*1-2/h9H,3-8H2,1-2H3,(H,18,19,22);2-5H,1H3;2*1-2H3. The van der Waals surface area contributed by atoms with E-state index in [4.69, 9.17) is 0 Å². The molecule has 1 atom stereocenters. The van der Waals surface area contributed by atoms with Crippen molar-refractivity contribution in [3.63, 3.8) is 0 Å². The molecule has 1 N–H and O–H groups in total. The van der Waals surface area contributed by atoms with Gasteiger partial charge in [0.25, 0.3) is 0 Å². The number of aryl methyl sites for hydroxylation is 1. The molecule has 2 amide bonds. The van der Waals surface area contributed by atoms with Gasteiger partial charge in [-0.15, -0.1) is 0 Å². The fourth-order valence-corrected chi connectivity index (χ4v) is 4.99. The van der Waals surface area contributed by atoms with E-state index in [1.165, 1.54) is 35.7 Å². The van der Waals surface area contributed by atoms with Crippen LogP contribution in [0.25, 0.3) is 0 Å². The van der Waals surface area contributed by atoms with E-state index in [2.05, 4.69) is 10.3 Å². The summed E-state index contributed by atoms with van der Waals surface area (Å²) >= 11 is 1.39. The van der Waals surface area contributed by atoms with Crippen molar-refractivity contribution in [2.75, 3.05) is 20.1 Å². The highest BCUT2D eigenvalue weighted by Crippen LogP contribution is 2.39. The smallest absolute Gasteiger partial charge is 0.342 e. The first-order valence-corrected chi connectivity index (χ1v) is 13.4. The monoisotopic (exact) mass is 571 g/mol. The number of aliphatic imine (C=N–C) groups is 1. The largest absolute Gasteiger partial charge is 0.416 e. The van der Waals surface area contributed by atoms with Gasteiger partial charge in [0.1, 0.15) is 6.42 Å². The van der Waals surface area contributed by atoms with E-state index in [0.717, 1.165) is 6.07 Å². The van der Waals surface area contributed by atoms with Crippen molar-refractivity contribution in [2.45, 2.75) is 84.3 Å². The van der Waals surface area contributed by atoms with Crippen molar-refractivity contribution >= 4 is 28.7 Å². The molecule has 38 heavy (non-hydrogen) atoms. The van der Waals surface area contributed by atoms with E-state index < -0.39 is 35.0 Å². The Morgan fingerprint density at radius 2 is 1.61 bits per heavy atom. The molecule has 2 aliphatic heterocycles. The molecule has 1 aromatic carbocycles. The summed E-state index contributed by atoms with van der Waals surface area (Å²) in [6.07, 6.45) is -8.22. The lowest BCUT2D eigenvalue weighted by Gasteiger charge is -2.34. The molecule has 2 aliphatic rings. The van der Waals surface area contributed by atoms with E-state index >= 15 is 0 Å². The summed E-state index contributed by atoms with van der Waals surface area (Å²) in [5.41, 5.74) is -0.292. The number of hydrogen-bond donors (Lipinski definition) is 1. The first-order chi connectivity index (χ1) is 17.6. The third-order valence-electron chi connectivity index (χ3n) is 5.67. The van der Waals surface area contributed by atoms with Crippen LogP contribution in [-0.2, 0) is 15.8 Å². The van der Waals surface area contributed by atoms with Gasteiger partial charge in [-0.2, -0.15) is 26.3 Å². The van der Waals surface area contributed by atoms with Gasteiger partial charge in [0.2, 0.25) is 11.8 Å². The Labute approximate surface area is 225 Å². The number of piperidine rings is 1. The van der Waals surface area contributed by atoms with Crippen LogP contribution in [-0.4, -0.2) is 52.9 Å². The summed E-state index contributed by atoms with van der Waals surface area (Å²) in [5.74, 6) is -0.737. The molecule has 2 fully saturated rings. The molecule has 2 saturated heterocycles. The van der Waals surface area contributed by atoms with Crippen molar-refractivity contribution in [2.24, 2.45) is 10.9 Å². The molecule has 218 valence electrons. The number of likely N-dealkylation sites (tertiary alicyclic amines) is 1. The average Bonchev–Trinajstić information content (AvgIpc) is 3.14. The zero-order valence-electron chi connectivity index (χ0n) is 23.0.